The first-order valence-corrected chi connectivity index (χ1v) is 24.1. The van der Waals surface area contributed by atoms with Gasteiger partial charge in [-0.05, 0) is 94.4 Å². The average Bonchev–Trinajstić information content (AvgIpc) is 3.88. The molecule has 5 aromatic rings. The Morgan fingerprint density at radius 1 is 0.523 bits per heavy atom. The zero-order valence-corrected chi connectivity index (χ0v) is 39.3. The summed E-state index contributed by atoms with van der Waals surface area (Å²) >= 11 is 3.03. The zero-order valence-electron chi connectivity index (χ0n) is 37.6. The van der Waals surface area contributed by atoms with Crippen LogP contribution < -0.4 is 43.8 Å². The molecule has 0 aliphatic heterocycles. The topological polar surface area (TPSA) is 241 Å². The molecule has 0 unspecified atom stereocenters. The number of rotatable bonds is 25. The molecule has 65 heavy (non-hydrogen) atoms. The van der Waals surface area contributed by atoms with Crippen LogP contribution in [0.3, 0.4) is 0 Å². The maximum Gasteiger partial charge on any atom is 0.243 e. The molecule has 0 bridgehead atoms. The van der Waals surface area contributed by atoms with Crippen LogP contribution in [0.5, 0.6) is 0 Å². The van der Waals surface area contributed by atoms with Crippen molar-refractivity contribution in [2.75, 3.05) is 6.54 Å². The normalized spacial score (nSPS) is 14.3. The quantitative estimate of drug-likeness (QED) is 0.0384. The van der Waals surface area contributed by atoms with Gasteiger partial charge in [0, 0.05) is 28.7 Å². The molecule has 0 aliphatic rings. The van der Waals surface area contributed by atoms with Crippen LogP contribution in [-0.2, 0) is 48.0 Å². The summed E-state index contributed by atoms with van der Waals surface area (Å²) in [5.41, 5.74) is 20.0. The third kappa shape index (κ3) is 14.9. The van der Waals surface area contributed by atoms with Gasteiger partial charge in [-0.15, -0.1) is 22.7 Å². The Bertz CT molecular complexity index is 2380. The number of hydrogen-bond acceptors (Lipinski definition) is 10. The number of primary amides is 1. The maximum atomic E-state index is 14.8. The first kappa shape index (κ1) is 50.3. The summed E-state index contributed by atoms with van der Waals surface area (Å²) in [4.78, 5) is 83.6. The number of thiophene rings is 2. The van der Waals surface area contributed by atoms with Gasteiger partial charge in [0.1, 0.15) is 30.2 Å². The lowest BCUT2D eigenvalue weighted by molar-refractivity contribution is -0.135. The minimum atomic E-state index is -1.21. The summed E-state index contributed by atoms with van der Waals surface area (Å²) < 4.78 is 2.01. The van der Waals surface area contributed by atoms with Crippen LogP contribution in [-0.4, -0.2) is 78.2 Å². The van der Waals surface area contributed by atoms with Gasteiger partial charge < -0.3 is 43.8 Å². The van der Waals surface area contributed by atoms with Gasteiger partial charge in [0.15, 0.2) is 0 Å². The number of carbonyl (C=O) groups is 6. The van der Waals surface area contributed by atoms with Gasteiger partial charge in [-0.25, -0.2) is 0 Å². The number of nitrogens with two attached hydrogens (primary N) is 3. The lowest BCUT2D eigenvalue weighted by Crippen LogP contribution is -2.60. The Morgan fingerprint density at radius 2 is 0.938 bits per heavy atom. The lowest BCUT2D eigenvalue weighted by Gasteiger charge is -2.28. The third-order valence-corrected chi connectivity index (χ3v) is 13.2. The largest absolute Gasteiger partial charge is 0.368 e. The Kier molecular flexibility index (Phi) is 19.0. The Labute approximate surface area is 389 Å². The number of unbranched alkanes of at least 4 members (excludes halogenated alkanes) is 1. The molecule has 0 saturated carbocycles. The monoisotopic (exact) mass is 924 g/mol. The molecule has 2 heterocycles. The van der Waals surface area contributed by atoms with Crippen LogP contribution in [0.4, 0.5) is 0 Å². The molecular weight excluding hydrogens is 861 g/mol. The van der Waals surface area contributed by atoms with Crippen molar-refractivity contribution in [2.45, 2.75) is 115 Å². The van der Waals surface area contributed by atoms with Crippen LogP contribution in [0.1, 0.15) is 76.5 Å². The fourth-order valence-corrected chi connectivity index (χ4v) is 9.68. The van der Waals surface area contributed by atoms with Gasteiger partial charge >= 0.3 is 0 Å². The molecule has 348 valence electrons. The van der Waals surface area contributed by atoms with Crippen molar-refractivity contribution in [1.29, 1.82) is 0 Å². The van der Waals surface area contributed by atoms with Gasteiger partial charge in [0.25, 0.3) is 0 Å². The van der Waals surface area contributed by atoms with E-state index in [0.717, 1.165) is 36.9 Å². The summed E-state index contributed by atoms with van der Waals surface area (Å²) in [6.45, 7) is 8.10. The highest BCUT2D eigenvalue weighted by atomic mass is 32.1. The number of benzene rings is 3. The number of fused-ring (bicyclic) bond motifs is 2. The molecule has 0 spiro atoms. The van der Waals surface area contributed by atoms with E-state index in [4.69, 9.17) is 17.2 Å². The van der Waals surface area contributed by atoms with E-state index in [9.17, 15) is 28.8 Å². The SMILES string of the molecule is CC(C)C[C@H](NC(=O)[C@H](CC(C)C)NC(=O)[C@@H](Cc1csc2ccccc12)NC(=O)[C@H](Cc1ccccc1)NC(=O)[C@@H](Cc1csc2ccccc12)NC(=O)[C@@H](N)CCCCN)C(N)=O. The second-order valence-electron chi connectivity index (χ2n) is 17.5. The molecule has 0 fully saturated rings. The molecule has 3 aromatic carbocycles. The van der Waals surface area contributed by atoms with Gasteiger partial charge in [-0.3, -0.25) is 28.8 Å². The van der Waals surface area contributed by atoms with E-state index in [2.05, 4.69) is 26.6 Å². The Morgan fingerprint density at radius 3 is 1.43 bits per heavy atom. The van der Waals surface area contributed by atoms with Crippen molar-refractivity contribution in [3.8, 4) is 0 Å². The average molecular weight is 925 g/mol. The summed E-state index contributed by atoms with van der Waals surface area (Å²) in [6, 6.07) is 18.3. The van der Waals surface area contributed by atoms with E-state index >= 15 is 0 Å². The minimum absolute atomic E-state index is 0.0384. The van der Waals surface area contributed by atoms with Crippen LogP contribution >= 0.6 is 22.7 Å². The van der Waals surface area contributed by atoms with Crippen molar-refractivity contribution in [3.05, 3.63) is 106 Å². The predicted molar refractivity (Wildman–Crippen MR) is 260 cm³/mol. The molecule has 0 radical (unpaired) electrons. The van der Waals surface area contributed by atoms with Crippen molar-refractivity contribution < 1.29 is 28.8 Å². The van der Waals surface area contributed by atoms with Gasteiger partial charge in [-0.1, -0.05) is 101 Å². The molecule has 6 atom stereocenters. The molecule has 11 N–H and O–H groups in total. The van der Waals surface area contributed by atoms with E-state index in [1.54, 1.807) is 0 Å². The highest BCUT2D eigenvalue weighted by Gasteiger charge is 2.34. The van der Waals surface area contributed by atoms with Crippen LogP contribution in [0.2, 0.25) is 0 Å². The van der Waals surface area contributed by atoms with Crippen LogP contribution in [0.25, 0.3) is 20.2 Å². The fraction of sp³-hybridized carbons (Fsp3) is 0.429. The molecular formula is C49H64N8O6S2. The summed E-state index contributed by atoms with van der Waals surface area (Å²) in [6.07, 6.45) is 2.51. The van der Waals surface area contributed by atoms with Crippen molar-refractivity contribution in [2.24, 2.45) is 29.0 Å². The van der Waals surface area contributed by atoms with Crippen LogP contribution in [0.15, 0.2) is 89.6 Å². The molecule has 14 nitrogen and oxygen atoms in total. The second-order valence-corrected chi connectivity index (χ2v) is 19.3. The number of hydrogen-bond donors (Lipinski definition) is 8. The minimum Gasteiger partial charge on any atom is -0.368 e. The third-order valence-electron chi connectivity index (χ3n) is 11.2. The van der Waals surface area contributed by atoms with E-state index in [0.29, 0.717) is 32.2 Å². The number of amides is 6. The smallest absolute Gasteiger partial charge is 0.243 e. The molecule has 16 heteroatoms. The van der Waals surface area contributed by atoms with Gasteiger partial charge in [0.05, 0.1) is 6.04 Å². The second kappa shape index (κ2) is 24.6. The van der Waals surface area contributed by atoms with Crippen LogP contribution in [0, 0.1) is 11.8 Å². The summed E-state index contributed by atoms with van der Waals surface area (Å²) in [7, 11) is 0. The van der Waals surface area contributed by atoms with E-state index in [1.807, 2.05) is 117 Å². The molecule has 6 amide bonds. The maximum absolute atomic E-state index is 14.8. The number of nitrogens with one attached hydrogen (secondary N) is 5. The Hall–Kier alpha value is -5.68. The predicted octanol–water partition coefficient (Wildman–Crippen LogP) is 4.60. The first-order chi connectivity index (χ1) is 31.1. The van der Waals surface area contributed by atoms with Crippen molar-refractivity contribution >= 4 is 78.3 Å². The molecule has 0 aliphatic carbocycles. The highest BCUT2D eigenvalue weighted by Crippen LogP contribution is 2.28. The van der Waals surface area contributed by atoms with Crippen molar-refractivity contribution in [1.82, 2.24) is 26.6 Å². The fourth-order valence-electron chi connectivity index (χ4n) is 7.73. The lowest BCUT2D eigenvalue weighted by atomic mass is 9.98. The number of carbonyl (C=O) groups excluding carboxylic acids is 6. The molecule has 5 rings (SSSR count). The summed E-state index contributed by atoms with van der Waals surface area (Å²) in [5.74, 6) is -3.62. The molecule has 0 saturated heterocycles. The summed E-state index contributed by atoms with van der Waals surface area (Å²) in [5, 5.41) is 20.1. The first-order valence-electron chi connectivity index (χ1n) is 22.3. The zero-order chi connectivity index (χ0) is 47.0. The van der Waals surface area contributed by atoms with E-state index in [1.165, 1.54) is 22.7 Å². The van der Waals surface area contributed by atoms with Gasteiger partial charge in [-0.2, -0.15) is 0 Å². The van der Waals surface area contributed by atoms with Crippen molar-refractivity contribution in [3.63, 3.8) is 0 Å². The highest BCUT2D eigenvalue weighted by molar-refractivity contribution is 7.17. The van der Waals surface area contributed by atoms with E-state index < -0.39 is 71.7 Å². The Balaban J connectivity index is 1.46. The van der Waals surface area contributed by atoms with E-state index in [-0.39, 0.29) is 37.5 Å². The standard InChI is InChI=1S/C49H64N8O6S2/c1-29(2)22-37(44(52)58)53-46(60)38(23-30(3)4)55-49(63)41(26-33-28-65-43-20-11-9-17-35(33)43)57-47(61)39(24-31-14-6-5-7-15-31)56-48(62)40(54-45(59)36(51)18-12-13-21-50)25-32-27-64-42-19-10-8-16-34(32)42/h5-11,14-17,19-20,27-30,36-41H,12-13,18,21-26,50-51H2,1-4H3,(H2,52,58)(H,53,60)(H,54,59)(H,55,63)(H,56,62)(H,57,61)/t36-,37-,38-,39-,40+,41+/m0/s1. The van der Waals surface area contributed by atoms with Gasteiger partial charge in [0.2, 0.25) is 35.4 Å². The molecule has 2 aromatic heterocycles.